The van der Waals surface area contributed by atoms with E-state index in [-0.39, 0.29) is 5.54 Å². The summed E-state index contributed by atoms with van der Waals surface area (Å²) >= 11 is 0. The molecule has 0 saturated carbocycles. The van der Waals surface area contributed by atoms with Crippen LogP contribution in [0.25, 0.3) is 0 Å². The van der Waals surface area contributed by atoms with E-state index in [1.165, 1.54) is 0 Å². The molecular formula is C9H23NO2Si. The van der Waals surface area contributed by atoms with E-state index >= 15 is 0 Å². The summed E-state index contributed by atoms with van der Waals surface area (Å²) in [6.07, 6.45) is 0. The Hall–Kier alpha value is 0.0969. The van der Waals surface area contributed by atoms with E-state index in [1.54, 1.807) is 0 Å². The molecule has 0 heterocycles. The fourth-order valence-electron chi connectivity index (χ4n) is 1.35. The summed E-state index contributed by atoms with van der Waals surface area (Å²) in [5, 5.41) is 0. The van der Waals surface area contributed by atoms with Gasteiger partial charge in [0, 0.05) is 18.8 Å². The first kappa shape index (κ1) is 13.1. The van der Waals surface area contributed by atoms with Crippen LogP contribution in [0.2, 0.25) is 6.55 Å². The first-order chi connectivity index (χ1) is 5.83. The molecule has 0 radical (unpaired) electrons. The lowest BCUT2D eigenvalue weighted by molar-refractivity contribution is 0.167. The van der Waals surface area contributed by atoms with Crippen LogP contribution in [0.1, 0.15) is 34.6 Å². The van der Waals surface area contributed by atoms with Crippen molar-refractivity contribution in [2.24, 2.45) is 0 Å². The minimum atomic E-state index is -2.13. The van der Waals surface area contributed by atoms with Crippen molar-refractivity contribution in [3.63, 3.8) is 0 Å². The van der Waals surface area contributed by atoms with Crippen LogP contribution in [0.4, 0.5) is 0 Å². The van der Waals surface area contributed by atoms with Gasteiger partial charge in [0.2, 0.25) is 0 Å². The molecule has 0 unspecified atom stereocenters. The molecule has 0 aliphatic carbocycles. The van der Waals surface area contributed by atoms with Crippen molar-refractivity contribution >= 4 is 8.72 Å². The Balaban J connectivity index is 4.22. The highest BCUT2D eigenvalue weighted by Gasteiger charge is 2.35. The normalized spacial score (nSPS) is 13.4. The maximum atomic E-state index is 5.65. The summed E-state index contributed by atoms with van der Waals surface area (Å²) < 4.78 is 11.3. The zero-order chi connectivity index (χ0) is 10.5. The van der Waals surface area contributed by atoms with Gasteiger partial charge >= 0.3 is 8.72 Å². The second-order valence-electron chi connectivity index (χ2n) is 4.19. The second kappa shape index (κ2) is 5.10. The molecule has 0 amide bonds. The maximum Gasteiger partial charge on any atom is 0.422 e. The topological polar surface area (TPSA) is 30.5 Å². The highest BCUT2D eigenvalue weighted by molar-refractivity contribution is 6.63. The molecule has 3 nitrogen and oxygen atoms in total. The number of hydrogen-bond donors (Lipinski definition) is 1. The van der Waals surface area contributed by atoms with Gasteiger partial charge in [0.1, 0.15) is 0 Å². The van der Waals surface area contributed by atoms with E-state index in [2.05, 4.69) is 25.8 Å². The Morgan fingerprint density at radius 1 is 1.08 bits per heavy atom. The van der Waals surface area contributed by atoms with Crippen LogP contribution >= 0.6 is 0 Å². The molecule has 4 heteroatoms. The molecule has 1 N–H and O–H groups in total. The minimum absolute atomic E-state index is 0.0469. The fourth-order valence-corrected chi connectivity index (χ4v) is 4.04. The third kappa shape index (κ3) is 6.21. The van der Waals surface area contributed by atoms with E-state index in [1.807, 2.05) is 20.4 Å². The predicted octanol–water partition coefficient (Wildman–Crippen LogP) is 2.02. The SMILES string of the molecule is CCO[Si](C)(NC(C)(C)C)OCC. The largest absolute Gasteiger partial charge is 0.422 e. The van der Waals surface area contributed by atoms with Crippen molar-refractivity contribution in [2.75, 3.05) is 13.2 Å². The molecule has 0 aromatic carbocycles. The van der Waals surface area contributed by atoms with E-state index in [0.717, 1.165) is 0 Å². The lowest BCUT2D eigenvalue weighted by Crippen LogP contribution is -2.60. The van der Waals surface area contributed by atoms with Crippen molar-refractivity contribution in [1.29, 1.82) is 0 Å². The lowest BCUT2D eigenvalue weighted by Gasteiger charge is -2.33. The fraction of sp³-hybridized carbons (Fsp3) is 1.00. The molecule has 0 aromatic heterocycles. The molecule has 0 bridgehead atoms. The third-order valence-corrected chi connectivity index (χ3v) is 4.32. The number of rotatable bonds is 5. The molecule has 0 spiro atoms. The Kier molecular flexibility index (Phi) is 5.13. The summed E-state index contributed by atoms with van der Waals surface area (Å²) in [4.78, 5) is 3.43. The zero-order valence-corrected chi connectivity index (χ0v) is 10.7. The van der Waals surface area contributed by atoms with E-state index in [4.69, 9.17) is 8.85 Å². The van der Waals surface area contributed by atoms with Crippen LogP contribution in [0.3, 0.4) is 0 Å². The van der Waals surface area contributed by atoms with Crippen molar-refractivity contribution in [3.8, 4) is 0 Å². The Morgan fingerprint density at radius 2 is 1.46 bits per heavy atom. The van der Waals surface area contributed by atoms with Gasteiger partial charge in [0.25, 0.3) is 0 Å². The molecule has 0 fully saturated rings. The third-order valence-electron chi connectivity index (χ3n) is 1.44. The van der Waals surface area contributed by atoms with Gasteiger partial charge in [-0.15, -0.1) is 0 Å². The number of nitrogens with one attached hydrogen (secondary N) is 1. The Bertz CT molecular complexity index is 139. The highest BCUT2D eigenvalue weighted by atomic mass is 28.4. The van der Waals surface area contributed by atoms with E-state index in [9.17, 15) is 0 Å². The van der Waals surface area contributed by atoms with Crippen molar-refractivity contribution < 1.29 is 8.85 Å². The summed E-state index contributed by atoms with van der Waals surface area (Å²) in [5.74, 6) is 0. The van der Waals surface area contributed by atoms with Gasteiger partial charge in [-0.25, -0.2) is 0 Å². The summed E-state index contributed by atoms with van der Waals surface area (Å²) in [6.45, 7) is 13.8. The summed E-state index contributed by atoms with van der Waals surface area (Å²) in [5.41, 5.74) is 0.0469. The van der Waals surface area contributed by atoms with Gasteiger partial charge in [0.15, 0.2) is 0 Å². The van der Waals surface area contributed by atoms with Crippen LogP contribution in [0.15, 0.2) is 0 Å². The van der Waals surface area contributed by atoms with Gasteiger partial charge in [-0.05, 0) is 41.2 Å². The standard InChI is InChI=1S/C9H23NO2Si/c1-7-11-13(6,12-8-2)10-9(3,4)5/h10H,7-8H2,1-6H3. The van der Waals surface area contributed by atoms with Gasteiger partial charge in [-0.1, -0.05) is 0 Å². The van der Waals surface area contributed by atoms with Gasteiger partial charge in [-0.2, -0.15) is 0 Å². The quantitative estimate of drug-likeness (QED) is 0.697. The molecule has 0 aliphatic heterocycles. The summed E-state index contributed by atoms with van der Waals surface area (Å²) in [6, 6.07) is 0. The second-order valence-corrected chi connectivity index (χ2v) is 6.91. The molecule has 13 heavy (non-hydrogen) atoms. The van der Waals surface area contributed by atoms with Crippen LogP contribution < -0.4 is 4.98 Å². The predicted molar refractivity (Wildman–Crippen MR) is 57.8 cm³/mol. The first-order valence-corrected chi connectivity index (χ1v) is 7.22. The Morgan fingerprint density at radius 3 is 1.69 bits per heavy atom. The van der Waals surface area contributed by atoms with E-state index < -0.39 is 8.72 Å². The van der Waals surface area contributed by atoms with Crippen molar-refractivity contribution in [3.05, 3.63) is 0 Å². The molecule has 80 valence electrons. The van der Waals surface area contributed by atoms with Crippen LogP contribution in [-0.4, -0.2) is 27.5 Å². The summed E-state index contributed by atoms with van der Waals surface area (Å²) in [7, 11) is -2.13. The van der Waals surface area contributed by atoms with Gasteiger partial charge < -0.3 is 8.85 Å². The van der Waals surface area contributed by atoms with Crippen LogP contribution in [0, 0.1) is 0 Å². The molecule has 0 saturated heterocycles. The first-order valence-electron chi connectivity index (χ1n) is 4.90. The molecular weight excluding hydrogens is 182 g/mol. The molecule has 0 atom stereocenters. The lowest BCUT2D eigenvalue weighted by atomic mass is 10.1. The van der Waals surface area contributed by atoms with Crippen molar-refractivity contribution in [2.45, 2.75) is 46.7 Å². The average Bonchev–Trinajstić information content (AvgIpc) is 1.82. The number of hydrogen-bond acceptors (Lipinski definition) is 3. The van der Waals surface area contributed by atoms with Gasteiger partial charge in [-0.3, -0.25) is 4.98 Å². The maximum absolute atomic E-state index is 5.65. The highest BCUT2D eigenvalue weighted by Crippen LogP contribution is 2.10. The Labute approximate surface area is 83.1 Å². The molecule has 0 aromatic rings. The molecule has 0 aliphatic rings. The van der Waals surface area contributed by atoms with Gasteiger partial charge in [0.05, 0.1) is 0 Å². The van der Waals surface area contributed by atoms with E-state index in [0.29, 0.717) is 13.2 Å². The van der Waals surface area contributed by atoms with Crippen molar-refractivity contribution in [1.82, 2.24) is 4.98 Å². The van der Waals surface area contributed by atoms with Crippen LogP contribution in [-0.2, 0) is 8.85 Å². The zero-order valence-electron chi connectivity index (χ0n) is 9.73. The minimum Gasteiger partial charge on any atom is -0.383 e. The smallest absolute Gasteiger partial charge is 0.383 e. The monoisotopic (exact) mass is 205 g/mol. The average molecular weight is 205 g/mol. The molecule has 0 rings (SSSR count). The van der Waals surface area contributed by atoms with Crippen LogP contribution in [0.5, 0.6) is 0 Å².